The lowest BCUT2D eigenvalue weighted by Crippen LogP contribution is -2.10. The first-order valence-corrected chi connectivity index (χ1v) is 6.62. The molecule has 0 bridgehead atoms. The largest absolute Gasteiger partial charge is 0.438 e. The van der Waals surface area contributed by atoms with Crippen LogP contribution < -0.4 is 4.74 Å². The van der Waals surface area contributed by atoms with E-state index in [9.17, 15) is 4.79 Å². The molecule has 0 N–H and O–H groups in total. The summed E-state index contributed by atoms with van der Waals surface area (Å²) in [5, 5.41) is 0. The van der Waals surface area contributed by atoms with Crippen LogP contribution in [0.1, 0.15) is 43.6 Å². The summed E-state index contributed by atoms with van der Waals surface area (Å²) in [4.78, 5) is 15.6. The molecule has 0 fully saturated rings. The average molecular weight is 269 g/mol. The van der Waals surface area contributed by atoms with E-state index in [1.54, 1.807) is 18.3 Å². The topological polar surface area (TPSA) is 39.2 Å². The van der Waals surface area contributed by atoms with Crippen LogP contribution in [0.15, 0.2) is 42.6 Å². The molecule has 0 aliphatic rings. The minimum absolute atomic E-state index is 0.0561. The van der Waals surface area contributed by atoms with Crippen LogP contribution in [0.3, 0.4) is 0 Å². The number of rotatable bonds is 3. The molecule has 2 aromatic rings. The zero-order valence-corrected chi connectivity index (χ0v) is 12.3. The van der Waals surface area contributed by atoms with Crippen LogP contribution in [0.25, 0.3) is 0 Å². The quantitative estimate of drug-likeness (QED) is 0.776. The van der Waals surface area contributed by atoms with Gasteiger partial charge in [-0.25, -0.2) is 4.98 Å². The van der Waals surface area contributed by atoms with E-state index in [-0.39, 0.29) is 11.2 Å². The molecule has 0 atom stereocenters. The first-order chi connectivity index (χ1) is 9.38. The van der Waals surface area contributed by atoms with Crippen molar-refractivity contribution in [3.63, 3.8) is 0 Å². The first kappa shape index (κ1) is 14.3. The summed E-state index contributed by atoms with van der Waals surface area (Å²) >= 11 is 0. The third-order valence-corrected chi connectivity index (χ3v) is 3.09. The highest BCUT2D eigenvalue weighted by atomic mass is 16.5. The Morgan fingerprint density at radius 1 is 1.10 bits per heavy atom. The van der Waals surface area contributed by atoms with E-state index in [1.165, 1.54) is 12.5 Å². The number of hydrogen-bond donors (Lipinski definition) is 0. The molecule has 0 aliphatic carbocycles. The van der Waals surface area contributed by atoms with E-state index in [2.05, 4.69) is 25.8 Å². The van der Waals surface area contributed by atoms with Gasteiger partial charge in [0.05, 0.1) is 5.56 Å². The number of hydrogen-bond acceptors (Lipinski definition) is 3. The highest BCUT2D eigenvalue weighted by molar-refractivity contribution is 5.96. The van der Waals surface area contributed by atoms with E-state index in [0.717, 1.165) is 0 Å². The van der Waals surface area contributed by atoms with Crippen LogP contribution in [0.4, 0.5) is 0 Å². The second-order valence-electron chi connectivity index (χ2n) is 5.79. The SMILES string of the molecule is CC(=O)c1cccnc1Oc1ccc(C(C)(C)C)cc1. The fourth-order valence-electron chi connectivity index (χ4n) is 1.87. The predicted octanol–water partition coefficient (Wildman–Crippen LogP) is 4.37. The number of carbonyl (C=O) groups excluding carboxylic acids is 1. The summed E-state index contributed by atoms with van der Waals surface area (Å²) in [6.45, 7) is 7.99. The van der Waals surface area contributed by atoms with Crippen molar-refractivity contribution >= 4 is 5.78 Å². The zero-order chi connectivity index (χ0) is 14.8. The number of ether oxygens (including phenoxy) is 1. The number of aromatic nitrogens is 1. The van der Waals surface area contributed by atoms with Gasteiger partial charge in [0.2, 0.25) is 5.88 Å². The van der Waals surface area contributed by atoms with Crippen LogP contribution >= 0.6 is 0 Å². The lowest BCUT2D eigenvalue weighted by Gasteiger charge is -2.19. The fourth-order valence-corrected chi connectivity index (χ4v) is 1.87. The lowest BCUT2D eigenvalue weighted by molar-refractivity contribution is 0.101. The van der Waals surface area contributed by atoms with E-state index in [0.29, 0.717) is 17.2 Å². The monoisotopic (exact) mass is 269 g/mol. The Bertz CT molecular complexity index is 610. The Balaban J connectivity index is 2.25. The minimum Gasteiger partial charge on any atom is -0.438 e. The van der Waals surface area contributed by atoms with E-state index in [4.69, 9.17) is 4.74 Å². The summed E-state index contributed by atoms with van der Waals surface area (Å²) in [6.07, 6.45) is 1.62. The normalized spacial score (nSPS) is 11.2. The molecule has 0 saturated heterocycles. The highest BCUT2D eigenvalue weighted by Crippen LogP contribution is 2.27. The maximum Gasteiger partial charge on any atom is 0.230 e. The van der Waals surface area contributed by atoms with E-state index < -0.39 is 0 Å². The van der Waals surface area contributed by atoms with Gasteiger partial charge in [-0.3, -0.25) is 4.79 Å². The second kappa shape index (κ2) is 5.45. The molecule has 2 rings (SSSR count). The van der Waals surface area contributed by atoms with Crippen molar-refractivity contribution < 1.29 is 9.53 Å². The third kappa shape index (κ3) is 3.23. The van der Waals surface area contributed by atoms with Crippen molar-refractivity contribution in [2.24, 2.45) is 0 Å². The summed E-state index contributed by atoms with van der Waals surface area (Å²) < 4.78 is 5.71. The Morgan fingerprint density at radius 3 is 2.30 bits per heavy atom. The van der Waals surface area contributed by atoms with E-state index in [1.807, 2.05) is 24.3 Å². The van der Waals surface area contributed by atoms with Crippen LogP contribution in [0, 0.1) is 0 Å². The summed E-state index contributed by atoms with van der Waals surface area (Å²) in [7, 11) is 0. The Hall–Kier alpha value is -2.16. The number of benzene rings is 1. The summed E-state index contributed by atoms with van der Waals surface area (Å²) in [6, 6.07) is 11.3. The van der Waals surface area contributed by atoms with Gasteiger partial charge in [0, 0.05) is 6.20 Å². The predicted molar refractivity (Wildman–Crippen MR) is 79.5 cm³/mol. The maximum atomic E-state index is 11.5. The number of nitrogens with zero attached hydrogens (tertiary/aromatic N) is 1. The molecule has 0 spiro atoms. The molecule has 0 saturated carbocycles. The van der Waals surface area contributed by atoms with Gasteiger partial charge in [-0.15, -0.1) is 0 Å². The van der Waals surface area contributed by atoms with Gasteiger partial charge in [-0.05, 0) is 42.2 Å². The molecule has 1 aromatic heterocycles. The van der Waals surface area contributed by atoms with Crippen LogP contribution in [-0.2, 0) is 5.41 Å². The van der Waals surface area contributed by atoms with Crippen LogP contribution in [-0.4, -0.2) is 10.8 Å². The minimum atomic E-state index is -0.0561. The maximum absolute atomic E-state index is 11.5. The Kier molecular flexibility index (Phi) is 3.89. The van der Waals surface area contributed by atoms with Gasteiger partial charge in [-0.2, -0.15) is 0 Å². The van der Waals surface area contributed by atoms with Gasteiger partial charge in [-0.1, -0.05) is 32.9 Å². The molecule has 3 nitrogen and oxygen atoms in total. The molecule has 20 heavy (non-hydrogen) atoms. The average Bonchev–Trinajstić information content (AvgIpc) is 2.38. The molecule has 1 aromatic carbocycles. The van der Waals surface area contributed by atoms with Crippen LogP contribution in [0.2, 0.25) is 0 Å². The van der Waals surface area contributed by atoms with Gasteiger partial charge in [0.1, 0.15) is 5.75 Å². The smallest absolute Gasteiger partial charge is 0.230 e. The Morgan fingerprint density at radius 2 is 1.75 bits per heavy atom. The van der Waals surface area contributed by atoms with Gasteiger partial charge < -0.3 is 4.74 Å². The summed E-state index contributed by atoms with van der Waals surface area (Å²) in [5.41, 5.74) is 1.83. The molecule has 0 unspecified atom stereocenters. The number of ketones is 1. The van der Waals surface area contributed by atoms with Crippen molar-refractivity contribution in [1.29, 1.82) is 0 Å². The van der Waals surface area contributed by atoms with Crippen molar-refractivity contribution in [3.05, 3.63) is 53.7 Å². The second-order valence-corrected chi connectivity index (χ2v) is 5.79. The number of Topliss-reactive ketones (excluding diaryl/α,β-unsaturated/α-hetero) is 1. The molecule has 3 heteroatoms. The Labute approximate surface area is 119 Å². The standard InChI is InChI=1S/C17H19NO2/c1-12(19)15-6-5-11-18-16(15)20-14-9-7-13(8-10-14)17(2,3)4/h5-11H,1-4H3. The van der Waals surface area contributed by atoms with E-state index >= 15 is 0 Å². The van der Waals surface area contributed by atoms with Crippen molar-refractivity contribution in [1.82, 2.24) is 4.98 Å². The van der Waals surface area contributed by atoms with Crippen LogP contribution in [0.5, 0.6) is 11.6 Å². The molecule has 1 heterocycles. The van der Waals surface area contributed by atoms with Crippen molar-refractivity contribution in [2.75, 3.05) is 0 Å². The van der Waals surface area contributed by atoms with Crippen molar-refractivity contribution in [2.45, 2.75) is 33.1 Å². The molecular weight excluding hydrogens is 250 g/mol. The first-order valence-electron chi connectivity index (χ1n) is 6.62. The molecule has 0 radical (unpaired) electrons. The third-order valence-electron chi connectivity index (χ3n) is 3.09. The lowest BCUT2D eigenvalue weighted by atomic mass is 9.87. The molecule has 0 amide bonds. The molecule has 0 aliphatic heterocycles. The number of carbonyl (C=O) groups is 1. The fraction of sp³-hybridized carbons (Fsp3) is 0.294. The van der Waals surface area contributed by atoms with Crippen molar-refractivity contribution in [3.8, 4) is 11.6 Å². The van der Waals surface area contributed by atoms with Gasteiger partial charge in [0.15, 0.2) is 5.78 Å². The zero-order valence-electron chi connectivity index (χ0n) is 12.3. The van der Waals surface area contributed by atoms with Gasteiger partial charge >= 0.3 is 0 Å². The molecular formula is C17H19NO2. The molecule has 104 valence electrons. The number of pyridine rings is 1. The summed E-state index contributed by atoms with van der Waals surface area (Å²) in [5.74, 6) is 0.974. The highest BCUT2D eigenvalue weighted by Gasteiger charge is 2.14. The van der Waals surface area contributed by atoms with Gasteiger partial charge in [0.25, 0.3) is 0 Å².